The number of halogens is 3. The Balaban J connectivity index is 0.000000422. The number of nitrogens with two attached hydrogens (primary N) is 1. The molecule has 1 aliphatic rings. The lowest BCUT2D eigenvalue weighted by molar-refractivity contribution is -0.137. The van der Waals surface area contributed by atoms with Crippen LogP contribution in [0.2, 0.25) is 0 Å². The molecule has 3 N–H and O–H groups in total. The number of nitrogens with one attached hydrogen (secondary N) is 1. The summed E-state index contributed by atoms with van der Waals surface area (Å²) in [6, 6.07) is 3.64. The Bertz CT molecular complexity index is 492. The molecular weight excluding hydrogens is 297 g/mol. The zero-order chi connectivity index (χ0) is 16.8. The van der Waals surface area contributed by atoms with Gasteiger partial charge in [-0.2, -0.15) is 13.2 Å². The Morgan fingerprint density at radius 3 is 2.55 bits per heavy atom. The first-order valence-corrected chi connectivity index (χ1v) is 7.11. The first-order valence-electron chi connectivity index (χ1n) is 7.11. The summed E-state index contributed by atoms with van der Waals surface area (Å²) < 4.78 is 41.9. The predicted octanol–water partition coefficient (Wildman–Crippen LogP) is 3.48. The van der Waals surface area contributed by atoms with Crippen LogP contribution in [0.3, 0.4) is 0 Å². The zero-order valence-electron chi connectivity index (χ0n) is 12.6. The van der Waals surface area contributed by atoms with Crippen molar-refractivity contribution in [2.75, 3.05) is 11.9 Å². The van der Waals surface area contributed by atoms with E-state index in [2.05, 4.69) is 10.1 Å². The molecule has 1 aromatic carbocycles. The SMILES string of the molecule is CCOC=O.CC[C@H]1C[C@@H](N)c2cc(C(F)(F)F)ccc2N1. The van der Waals surface area contributed by atoms with Gasteiger partial charge in [0.1, 0.15) is 0 Å². The van der Waals surface area contributed by atoms with Crippen LogP contribution in [0.25, 0.3) is 0 Å². The average molecular weight is 318 g/mol. The van der Waals surface area contributed by atoms with Crippen LogP contribution in [0.4, 0.5) is 18.9 Å². The molecule has 2 rings (SSSR count). The maximum absolute atomic E-state index is 12.6. The minimum Gasteiger partial charge on any atom is -0.468 e. The van der Waals surface area contributed by atoms with Crippen LogP contribution in [0.1, 0.15) is 43.9 Å². The van der Waals surface area contributed by atoms with Gasteiger partial charge in [-0.25, -0.2) is 0 Å². The molecule has 124 valence electrons. The first kappa shape index (κ1) is 18.3. The van der Waals surface area contributed by atoms with E-state index in [-0.39, 0.29) is 12.1 Å². The van der Waals surface area contributed by atoms with E-state index in [1.165, 1.54) is 6.07 Å². The quantitative estimate of drug-likeness (QED) is 0.838. The number of hydrogen-bond acceptors (Lipinski definition) is 4. The molecule has 0 bridgehead atoms. The highest BCUT2D eigenvalue weighted by Crippen LogP contribution is 2.37. The van der Waals surface area contributed by atoms with Crippen molar-refractivity contribution >= 4 is 12.2 Å². The number of benzene rings is 1. The van der Waals surface area contributed by atoms with Gasteiger partial charge in [-0.3, -0.25) is 4.79 Å². The van der Waals surface area contributed by atoms with Gasteiger partial charge in [0.25, 0.3) is 6.47 Å². The van der Waals surface area contributed by atoms with Crippen molar-refractivity contribution in [3.05, 3.63) is 29.3 Å². The van der Waals surface area contributed by atoms with E-state index >= 15 is 0 Å². The number of carbonyl (C=O) groups is 1. The summed E-state index contributed by atoms with van der Waals surface area (Å²) in [5, 5.41) is 3.21. The number of rotatable bonds is 3. The fourth-order valence-corrected chi connectivity index (χ4v) is 2.23. The molecule has 0 aliphatic carbocycles. The monoisotopic (exact) mass is 318 g/mol. The van der Waals surface area contributed by atoms with Gasteiger partial charge in [0.05, 0.1) is 12.2 Å². The minimum absolute atomic E-state index is 0.245. The minimum atomic E-state index is -4.31. The normalized spacial score (nSPS) is 20.1. The number of hydrogen-bond donors (Lipinski definition) is 2. The molecule has 0 amide bonds. The lowest BCUT2D eigenvalue weighted by Gasteiger charge is -2.31. The lowest BCUT2D eigenvalue weighted by atomic mass is 9.91. The second-order valence-corrected chi connectivity index (χ2v) is 4.94. The van der Waals surface area contributed by atoms with Crippen molar-refractivity contribution < 1.29 is 22.7 Å². The third-order valence-electron chi connectivity index (χ3n) is 3.40. The predicted molar refractivity (Wildman–Crippen MR) is 78.4 cm³/mol. The van der Waals surface area contributed by atoms with Crippen LogP contribution >= 0.6 is 0 Å². The second-order valence-electron chi connectivity index (χ2n) is 4.94. The van der Waals surface area contributed by atoms with Crippen LogP contribution in [-0.4, -0.2) is 19.1 Å². The molecule has 0 unspecified atom stereocenters. The maximum atomic E-state index is 12.6. The molecule has 1 aromatic rings. The summed E-state index contributed by atoms with van der Waals surface area (Å²) in [5.74, 6) is 0. The van der Waals surface area contributed by atoms with Crippen molar-refractivity contribution in [1.29, 1.82) is 0 Å². The van der Waals surface area contributed by atoms with Gasteiger partial charge < -0.3 is 15.8 Å². The fraction of sp³-hybridized carbons (Fsp3) is 0.533. The molecule has 22 heavy (non-hydrogen) atoms. The van der Waals surface area contributed by atoms with E-state index in [1.54, 1.807) is 6.92 Å². The largest absolute Gasteiger partial charge is 0.468 e. The number of fused-ring (bicyclic) bond motifs is 1. The standard InChI is InChI=1S/C12H15F3N2.C3H6O2/c1-2-8-6-10(16)9-5-7(12(13,14)15)3-4-11(9)17-8;1-2-5-3-4/h3-5,8,10,17H,2,6,16H2,1H3;3H,2H2,1H3/t8-,10+;/m0./s1. The summed E-state index contributed by atoms with van der Waals surface area (Å²) >= 11 is 0. The molecule has 0 spiro atoms. The Kier molecular flexibility index (Phi) is 6.67. The highest BCUT2D eigenvalue weighted by atomic mass is 19.4. The average Bonchev–Trinajstić information content (AvgIpc) is 2.47. The highest BCUT2D eigenvalue weighted by molar-refractivity contribution is 5.57. The number of carbonyl (C=O) groups excluding carboxylic acids is 1. The Morgan fingerprint density at radius 2 is 2.09 bits per heavy atom. The van der Waals surface area contributed by atoms with Gasteiger partial charge in [0.15, 0.2) is 0 Å². The van der Waals surface area contributed by atoms with Crippen molar-refractivity contribution in [3.63, 3.8) is 0 Å². The molecule has 2 atom stereocenters. The van der Waals surface area contributed by atoms with Gasteiger partial charge >= 0.3 is 6.18 Å². The topological polar surface area (TPSA) is 64.3 Å². The van der Waals surface area contributed by atoms with Crippen molar-refractivity contribution in [2.45, 2.75) is 44.9 Å². The van der Waals surface area contributed by atoms with Crippen LogP contribution < -0.4 is 11.1 Å². The van der Waals surface area contributed by atoms with E-state index in [0.29, 0.717) is 25.1 Å². The van der Waals surface area contributed by atoms with E-state index in [4.69, 9.17) is 5.73 Å². The number of anilines is 1. The van der Waals surface area contributed by atoms with Gasteiger partial charge in [-0.05, 0) is 43.5 Å². The van der Waals surface area contributed by atoms with Crippen LogP contribution in [-0.2, 0) is 15.7 Å². The maximum Gasteiger partial charge on any atom is 0.416 e. The molecular formula is C15H21F3N2O2. The van der Waals surface area contributed by atoms with Gasteiger partial charge in [-0.15, -0.1) is 0 Å². The summed E-state index contributed by atoms with van der Waals surface area (Å²) in [6.45, 7) is 4.69. The highest BCUT2D eigenvalue weighted by Gasteiger charge is 2.32. The fourth-order valence-electron chi connectivity index (χ4n) is 2.23. The summed E-state index contributed by atoms with van der Waals surface area (Å²) in [7, 11) is 0. The third kappa shape index (κ3) is 4.91. The van der Waals surface area contributed by atoms with Gasteiger partial charge in [-0.1, -0.05) is 6.92 Å². The molecule has 0 saturated carbocycles. The van der Waals surface area contributed by atoms with Crippen LogP contribution in [0.15, 0.2) is 18.2 Å². The summed E-state index contributed by atoms with van der Waals surface area (Å²) in [6.07, 6.45) is -2.73. The summed E-state index contributed by atoms with van der Waals surface area (Å²) in [4.78, 5) is 9.18. The molecule has 0 aromatic heterocycles. The van der Waals surface area contributed by atoms with E-state index < -0.39 is 11.7 Å². The summed E-state index contributed by atoms with van der Waals surface area (Å²) in [5.41, 5.74) is 6.57. The molecule has 4 nitrogen and oxygen atoms in total. The van der Waals surface area contributed by atoms with E-state index in [1.807, 2.05) is 6.92 Å². The molecule has 1 aliphatic heterocycles. The molecule has 7 heteroatoms. The van der Waals surface area contributed by atoms with Crippen molar-refractivity contribution in [2.24, 2.45) is 5.73 Å². The molecule has 0 saturated heterocycles. The Labute approximate surface area is 127 Å². The lowest BCUT2D eigenvalue weighted by Crippen LogP contribution is -2.31. The smallest absolute Gasteiger partial charge is 0.416 e. The van der Waals surface area contributed by atoms with Gasteiger partial charge in [0.2, 0.25) is 0 Å². The van der Waals surface area contributed by atoms with Crippen molar-refractivity contribution in [3.8, 4) is 0 Å². The molecule has 0 fully saturated rings. The third-order valence-corrected chi connectivity index (χ3v) is 3.40. The van der Waals surface area contributed by atoms with E-state index in [0.717, 1.165) is 24.2 Å². The van der Waals surface area contributed by atoms with Crippen molar-refractivity contribution in [1.82, 2.24) is 0 Å². The second kappa shape index (κ2) is 8.03. The van der Waals surface area contributed by atoms with Crippen LogP contribution in [0.5, 0.6) is 0 Å². The Hall–Kier alpha value is -1.76. The number of ether oxygens (including phenoxy) is 1. The van der Waals surface area contributed by atoms with Crippen LogP contribution in [0, 0.1) is 0 Å². The molecule has 1 heterocycles. The van der Waals surface area contributed by atoms with Gasteiger partial charge in [0, 0.05) is 17.8 Å². The number of alkyl halides is 3. The zero-order valence-corrected chi connectivity index (χ0v) is 12.6. The molecule has 0 radical (unpaired) electrons. The Morgan fingerprint density at radius 1 is 1.41 bits per heavy atom. The van der Waals surface area contributed by atoms with E-state index in [9.17, 15) is 18.0 Å². The first-order chi connectivity index (χ1) is 10.3.